The van der Waals surface area contributed by atoms with Crippen molar-refractivity contribution in [2.75, 3.05) is 32.0 Å². The average molecular weight is 266 g/mol. The number of nitrogens with zero attached hydrogens (tertiary/aromatic N) is 1. The maximum Gasteiger partial charge on any atom is 0.225 e. The summed E-state index contributed by atoms with van der Waals surface area (Å²) in [6.45, 7) is 3.62. The molecule has 1 rings (SSSR count). The lowest BCUT2D eigenvalue weighted by Gasteiger charge is -2.20. The molecule has 0 saturated carbocycles. The van der Waals surface area contributed by atoms with Crippen LogP contribution >= 0.6 is 0 Å². The summed E-state index contributed by atoms with van der Waals surface area (Å²) in [7, 11) is 0. The fourth-order valence-corrected chi connectivity index (χ4v) is 1.70. The summed E-state index contributed by atoms with van der Waals surface area (Å²) < 4.78 is 5.48. The Hall–Kier alpha value is -1.75. The second-order valence-electron chi connectivity index (χ2n) is 4.22. The van der Waals surface area contributed by atoms with Crippen LogP contribution in [0.2, 0.25) is 0 Å². The van der Waals surface area contributed by atoms with Gasteiger partial charge in [-0.25, -0.2) is 0 Å². The maximum atomic E-state index is 11.9. The second kappa shape index (κ2) is 8.37. The number of aliphatic hydroxyl groups excluding tert-OH is 1. The zero-order chi connectivity index (χ0) is 14.1. The average Bonchev–Trinajstić information content (AvgIpc) is 2.42. The molecule has 0 aliphatic carbocycles. The molecule has 0 saturated heterocycles. The number of rotatable bonds is 8. The smallest absolute Gasteiger partial charge is 0.225 e. The van der Waals surface area contributed by atoms with Crippen molar-refractivity contribution in [3.8, 4) is 5.75 Å². The lowest BCUT2D eigenvalue weighted by Crippen LogP contribution is -2.33. The Labute approximate surface area is 114 Å². The first-order chi connectivity index (χ1) is 9.17. The minimum absolute atomic E-state index is 0.0476. The summed E-state index contributed by atoms with van der Waals surface area (Å²) in [5.74, 6) is 0.756. The molecule has 0 unspecified atom stereocenters. The zero-order valence-electron chi connectivity index (χ0n) is 11.3. The third-order valence-electron chi connectivity index (χ3n) is 2.79. The predicted octanol–water partition coefficient (Wildman–Crippen LogP) is 1.27. The summed E-state index contributed by atoms with van der Waals surface area (Å²) in [6, 6.07) is 7.08. The van der Waals surface area contributed by atoms with Gasteiger partial charge in [0.05, 0.1) is 13.0 Å². The molecule has 1 aromatic rings. The topological polar surface area (TPSA) is 75.8 Å². The van der Waals surface area contributed by atoms with Crippen LogP contribution in [0.15, 0.2) is 24.3 Å². The summed E-state index contributed by atoms with van der Waals surface area (Å²) in [4.78, 5) is 13.6. The van der Waals surface area contributed by atoms with Gasteiger partial charge in [-0.05, 0) is 37.6 Å². The number of nitrogens with two attached hydrogens (primary N) is 1. The van der Waals surface area contributed by atoms with Crippen LogP contribution < -0.4 is 10.5 Å². The Bertz CT molecular complexity index is 379. The van der Waals surface area contributed by atoms with Gasteiger partial charge in [0.25, 0.3) is 0 Å². The van der Waals surface area contributed by atoms with E-state index in [1.165, 1.54) is 0 Å². The van der Waals surface area contributed by atoms with E-state index >= 15 is 0 Å². The Kier molecular flexibility index (Phi) is 6.74. The van der Waals surface area contributed by atoms with Crippen LogP contribution in [0.1, 0.15) is 19.8 Å². The van der Waals surface area contributed by atoms with Crippen molar-refractivity contribution < 1.29 is 14.6 Å². The lowest BCUT2D eigenvalue weighted by molar-refractivity contribution is -0.131. The van der Waals surface area contributed by atoms with E-state index in [0.717, 1.165) is 0 Å². The van der Waals surface area contributed by atoms with Crippen LogP contribution in [0.5, 0.6) is 5.75 Å². The Morgan fingerprint density at radius 2 is 2.05 bits per heavy atom. The van der Waals surface area contributed by atoms with E-state index in [-0.39, 0.29) is 12.5 Å². The van der Waals surface area contributed by atoms with Crippen molar-refractivity contribution >= 4 is 11.6 Å². The first-order valence-corrected chi connectivity index (χ1v) is 6.54. The highest BCUT2D eigenvalue weighted by Crippen LogP contribution is 2.13. The SMILES string of the molecule is CCN(CCCO)C(=O)CCOc1ccc(N)cc1. The largest absolute Gasteiger partial charge is 0.493 e. The number of carbonyl (C=O) groups excluding carboxylic acids is 1. The Morgan fingerprint density at radius 1 is 1.37 bits per heavy atom. The van der Waals surface area contributed by atoms with Crippen molar-refractivity contribution in [1.82, 2.24) is 4.90 Å². The quantitative estimate of drug-likeness (QED) is 0.695. The van der Waals surface area contributed by atoms with Gasteiger partial charge in [0.2, 0.25) is 5.91 Å². The van der Waals surface area contributed by atoms with Crippen molar-refractivity contribution in [3.05, 3.63) is 24.3 Å². The molecule has 106 valence electrons. The van der Waals surface area contributed by atoms with E-state index in [4.69, 9.17) is 15.6 Å². The Balaban J connectivity index is 2.31. The van der Waals surface area contributed by atoms with Crippen molar-refractivity contribution in [1.29, 1.82) is 0 Å². The highest BCUT2D eigenvalue weighted by atomic mass is 16.5. The molecule has 0 aliphatic rings. The minimum Gasteiger partial charge on any atom is -0.493 e. The number of hydrogen-bond acceptors (Lipinski definition) is 4. The molecule has 0 heterocycles. The molecule has 0 aliphatic heterocycles. The van der Waals surface area contributed by atoms with Crippen LogP contribution in [0, 0.1) is 0 Å². The fourth-order valence-electron chi connectivity index (χ4n) is 1.70. The van der Waals surface area contributed by atoms with Gasteiger partial charge in [0.15, 0.2) is 0 Å². The minimum atomic E-state index is 0.0476. The van der Waals surface area contributed by atoms with Gasteiger partial charge in [0.1, 0.15) is 5.75 Å². The van der Waals surface area contributed by atoms with E-state index < -0.39 is 0 Å². The van der Waals surface area contributed by atoms with Gasteiger partial charge < -0.3 is 20.5 Å². The maximum absolute atomic E-state index is 11.9. The molecule has 3 N–H and O–H groups in total. The van der Waals surface area contributed by atoms with E-state index in [1.54, 1.807) is 29.2 Å². The number of amides is 1. The van der Waals surface area contributed by atoms with Gasteiger partial charge in [0, 0.05) is 25.4 Å². The van der Waals surface area contributed by atoms with Crippen molar-refractivity contribution in [2.45, 2.75) is 19.8 Å². The fraction of sp³-hybridized carbons (Fsp3) is 0.500. The molecular weight excluding hydrogens is 244 g/mol. The molecule has 0 spiro atoms. The molecule has 0 bridgehead atoms. The standard InChI is InChI=1S/C14H22N2O3/c1-2-16(9-3-10-17)14(18)8-11-19-13-6-4-12(15)5-7-13/h4-7,17H,2-3,8-11,15H2,1H3. The number of hydrogen-bond donors (Lipinski definition) is 2. The molecule has 0 aromatic heterocycles. The predicted molar refractivity (Wildman–Crippen MR) is 74.9 cm³/mol. The highest BCUT2D eigenvalue weighted by molar-refractivity contribution is 5.76. The number of ether oxygens (including phenoxy) is 1. The molecule has 0 atom stereocenters. The van der Waals surface area contributed by atoms with E-state index in [0.29, 0.717) is 44.0 Å². The van der Waals surface area contributed by atoms with Gasteiger partial charge >= 0.3 is 0 Å². The van der Waals surface area contributed by atoms with E-state index in [2.05, 4.69) is 0 Å². The van der Waals surface area contributed by atoms with Crippen LogP contribution in [-0.4, -0.2) is 42.2 Å². The molecule has 19 heavy (non-hydrogen) atoms. The number of aliphatic hydroxyl groups is 1. The van der Waals surface area contributed by atoms with Crippen LogP contribution in [0.4, 0.5) is 5.69 Å². The molecule has 1 aromatic carbocycles. The van der Waals surface area contributed by atoms with Gasteiger partial charge in [-0.1, -0.05) is 0 Å². The number of carbonyl (C=O) groups is 1. The second-order valence-corrected chi connectivity index (χ2v) is 4.22. The third-order valence-corrected chi connectivity index (χ3v) is 2.79. The van der Waals surface area contributed by atoms with E-state index in [9.17, 15) is 4.79 Å². The lowest BCUT2D eigenvalue weighted by atomic mass is 10.3. The first kappa shape index (κ1) is 15.3. The summed E-state index contributed by atoms with van der Waals surface area (Å²) >= 11 is 0. The van der Waals surface area contributed by atoms with Gasteiger partial charge in [-0.15, -0.1) is 0 Å². The van der Waals surface area contributed by atoms with Crippen molar-refractivity contribution in [2.24, 2.45) is 0 Å². The van der Waals surface area contributed by atoms with Crippen LogP contribution in [-0.2, 0) is 4.79 Å². The molecule has 5 heteroatoms. The summed E-state index contributed by atoms with van der Waals surface area (Å²) in [6.07, 6.45) is 0.946. The normalized spacial score (nSPS) is 10.2. The molecule has 5 nitrogen and oxygen atoms in total. The first-order valence-electron chi connectivity index (χ1n) is 6.54. The van der Waals surface area contributed by atoms with Crippen molar-refractivity contribution in [3.63, 3.8) is 0 Å². The molecule has 0 fully saturated rings. The monoisotopic (exact) mass is 266 g/mol. The van der Waals surface area contributed by atoms with Crippen LogP contribution in [0.25, 0.3) is 0 Å². The zero-order valence-corrected chi connectivity index (χ0v) is 11.3. The van der Waals surface area contributed by atoms with Gasteiger partial charge in [-0.2, -0.15) is 0 Å². The Morgan fingerprint density at radius 3 is 2.63 bits per heavy atom. The highest BCUT2D eigenvalue weighted by Gasteiger charge is 2.10. The summed E-state index contributed by atoms with van der Waals surface area (Å²) in [5, 5.41) is 8.77. The number of nitrogen functional groups attached to an aromatic ring is 1. The van der Waals surface area contributed by atoms with E-state index in [1.807, 2.05) is 6.92 Å². The molecule has 0 radical (unpaired) electrons. The molecule has 1 amide bonds. The van der Waals surface area contributed by atoms with Gasteiger partial charge in [-0.3, -0.25) is 4.79 Å². The number of benzene rings is 1. The van der Waals surface area contributed by atoms with Crippen LogP contribution in [0.3, 0.4) is 0 Å². The molecular formula is C14H22N2O3. The summed E-state index contributed by atoms with van der Waals surface area (Å²) in [5.41, 5.74) is 6.26. The number of anilines is 1. The third kappa shape index (κ3) is 5.61.